The van der Waals surface area contributed by atoms with Gasteiger partial charge in [0.25, 0.3) is 0 Å². The smallest absolute Gasteiger partial charge is 0.462 e. The third kappa shape index (κ3) is 7.75. The maximum absolute atomic E-state index is 14.3. The molecule has 7 rings (SSSR count). The first kappa shape index (κ1) is 39.7. The van der Waals surface area contributed by atoms with Gasteiger partial charge in [-0.1, -0.05) is 18.1 Å². The molecule has 16 heteroatoms. The summed E-state index contributed by atoms with van der Waals surface area (Å²) in [5.74, 6) is -3.87. The summed E-state index contributed by atoms with van der Waals surface area (Å²) in [7, 11) is -6.06. The summed E-state index contributed by atoms with van der Waals surface area (Å²) in [6.07, 6.45) is 8.37. The summed E-state index contributed by atoms with van der Waals surface area (Å²) < 4.78 is 90.2. The zero-order valence-electron chi connectivity index (χ0n) is 30.6. The number of carbonyl (C=O) groups excluding carboxylic acids is 4. The van der Waals surface area contributed by atoms with Gasteiger partial charge in [0, 0.05) is 11.8 Å². The van der Waals surface area contributed by atoms with Crippen LogP contribution in [0.5, 0.6) is 0 Å². The standard InChI is InChI=1S/C38H52F2O13S/c1-35(13-24-6-7-28(42)26(11-24)17-35)32(43)49-20-29-30(21-50-33(44)36-8-2-4-22(14-36)10-25(15-36)19-41)52-31(51-29)27-12-23-5-3-9-37(16-23,18-27)53-34(45)38(39,40)54(46,47)48/h10,19,23-31,42H,2-9,11-18,20-21H2,1H3,(H,46,47,48). The van der Waals surface area contributed by atoms with Crippen LogP contribution in [0.3, 0.4) is 0 Å². The molecular weight excluding hydrogens is 734 g/mol. The lowest BCUT2D eigenvalue weighted by atomic mass is 9.60. The van der Waals surface area contributed by atoms with Gasteiger partial charge >= 0.3 is 33.3 Å². The summed E-state index contributed by atoms with van der Waals surface area (Å²) in [4.78, 5) is 51.7. The number of alkyl halides is 2. The van der Waals surface area contributed by atoms with E-state index in [0.717, 1.165) is 44.0 Å². The molecule has 1 saturated heterocycles. The Kier molecular flexibility index (Phi) is 10.9. The van der Waals surface area contributed by atoms with Crippen molar-refractivity contribution in [3.63, 3.8) is 0 Å². The highest BCUT2D eigenvalue weighted by Gasteiger charge is 2.59. The molecule has 12 unspecified atom stereocenters. The van der Waals surface area contributed by atoms with Gasteiger partial charge < -0.3 is 33.6 Å². The van der Waals surface area contributed by atoms with E-state index < -0.39 is 80.2 Å². The second kappa shape index (κ2) is 14.8. The lowest BCUT2D eigenvalue weighted by Crippen LogP contribution is -2.51. The first-order valence-electron chi connectivity index (χ1n) is 19.5. The van der Waals surface area contributed by atoms with E-state index in [1.807, 2.05) is 13.0 Å². The molecule has 13 nitrogen and oxygen atoms in total. The molecule has 6 aliphatic carbocycles. The Bertz CT molecular complexity index is 1640. The van der Waals surface area contributed by atoms with Crippen LogP contribution in [-0.4, -0.2) is 90.9 Å². The van der Waals surface area contributed by atoms with Gasteiger partial charge in [-0.25, -0.2) is 4.79 Å². The zero-order chi connectivity index (χ0) is 38.7. The minimum Gasteiger partial charge on any atom is -0.462 e. The summed E-state index contributed by atoms with van der Waals surface area (Å²) in [6.45, 7) is 1.39. The molecule has 302 valence electrons. The molecule has 0 spiro atoms. The van der Waals surface area contributed by atoms with Crippen molar-refractivity contribution >= 4 is 34.3 Å². The highest BCUT2D eigenvalue weighted by Crippen LogP contribution is 2.52. The van der Waals surface area contributed by atoms with Gasteiger partial charge in [0.1, 0.15) is 37.3 Å². The van der Waals surface area contributed by atoms with Crippen molar-refractivity contribution in [2.75, 3.05) is 13.2 Å². The van der Waals surface area contributed by atoms with Crippen LogP contribution in [0.1, 0.15) is 110 Å². The number of ether oxygens (including phenoxy) is 5. The summed E-state index contributed by atoms with van der Waals surface area (Å²) in [5.41, 5.74) is -2.03. The number of hydrogen-bond donors (Lipinski definition) is 2. The molecule has 0 aromatic carbocycles. The van der Waals surface area contributed by atoms with Gasteiger partial charge in [-0.05, 0) is 121 Å². The number of aldehydes is 1. The van der Waals surface area contributed by atoms with Crippen molar-refractivity contribution in [1.29, 1.82) is 0 Å². The average molecular weight is 787 g/mol. The van der Waals surface area contributed by atoms with E-state index in [4.69, 9.17) is 28.2 Å². The SMILES string of the molecule is CC1(C(=O)OCC2OC(C3CC4CCCC(OC(=O)C(F)(F)S(=O)(=O)O)(C4)C3)OC2COC(=O)C23CCCC(=CC(C=O)C2)C3)CC2CCC(O)C(C2)C1. The molecular formula is C38H52F2O13S. The number of halogens is 2. The minimum atomic E-state index is -6.06. The number of fused-ring (bicyclic) bond motifs is 6. The second-order valence-corrected chi connectivity index (χ2v) is 19.2. The van der Waals surface area contributed by atoms with E-state index in [0.29, 0.717) is 57.3 Å². The topological polar surface area (TPSA) is 189 Å². The molecule has 2 N–H and O–H groups in total. The molecule has 1 heterocycles. The number of aliphatic hydroxyl groups excluding tert-OH is 1. The number of rotatable bonds is 11. The van der Waals surface area contributed by atoms with Crippen LogP contribution >= 0.6 is 0 Å². The fourth-order valence-electron chi connectivity index (χ4n) is 11.2. The Hall–Kier alpha value is -2.53. The van der Waals surface area contributed by atoms with Crippen molar-refractivity contribution < 1.29 is 69.7 Å². The zero-order valence-corrected chi connectivity index (χ0v) is 31.4. The lowest BCUT2D eigenvalue weighted by molar-refractivity contribution is -0.202. The molecule has 0 aromatic rings. The number of aliphatic hydroxyl groups is 1. The molecule has 0 amide bonds. The monoisotopic (exact) mass is 786 g/mol. The Morgan fingerprint density at radius 1 is 0.926 bits per heavy atom. The molecule has 6 bridgehead atoms. The predicted octanol–water partition coefficient (Wildman–Crippen LogP) is 4.83. The molecule has 0 radical (unpaired) electrons. The number of esters is 3. The van der Waals surface area contributed by atoms with Crippen molar-refractivity contribution in [3.05, 3.63) is 11.6 Å². The van der Waals surface area contributed by atoms with Crippen LogP contribution < -0.4 is 0 Å². The maximum atomic E-state index is 14.3. The highest BCUT2D eigenvalue weighted by atomic mass is 32.2. The number of carbonyl (C=O) groups is 4. The first-order valence-corrected chi connectivity index (χ1v) is 20.9. The van der Waals surface area contributed by atoms with Crippen LogP contribution in [-0.2, 0) is 53.0 Å². The summed E-state index contributed by atoms with van der Waals surface area (Å²) in [5, 5.41) is 5.41. The molecule has 0 aromatic heterocycles. The van der Waals surface area contributed by atoms with Gasteiger partial charge in [0.15, 0.2) is 6.29 Å². The Morgan fingerprint density at radius 3 is 2.31 bits per heavy atom. The molecule has 7 aliphatic rings. The average Bonchev–Trinajstić information content (AvgIpc) is 3.53. The molecule has 54 heavy (non-hydrogen) atoms. The Labute approximate surface area is 313 Å². The van der Waals surface area contributed by atoms with Crippen molar-refractivity contribution in [3.8, 4) is 0 Å². The van der Waals surface area contributed by atoms with Gasteiger partial charge in [0.2, 0.25) is 0 Å². The minimum absolute atomic E-state index is 0.00889. The van der Waals surface area contributed by atoms with E-state index >= 15 is 0 Å². The van der Waals surface area contributed by atoms with Crippen molar-refractivity contribution in [2.45, 2.75) is 145 Å². The van der Waals surface area contributed by atoms with Crippen molar-refractivity contribution in [1.82, 2.24) is 0 Å². The van der Waals surface area contributed by atoms with E-state index in [1.54, 1.807) is 0 Å². The Morgan fingerprint density at radius 2 is 1.61 bits per heavy atom. The van der Waals surface area contributed by atoms with E-state index in [9.17, 15) is 41.5 Å². The number of hydrogen-bond acceptors (Lipinski definition) is 12. The van der Waals surface area contributed by atoms with Gasteiger partial charge in [-0.2, -0.15) is 17.2 Å². The van der Waals surface area contributed by atoms with Crippen LogP contribution in [0, 0.1) is 40.4 Å². The molecule has 1 aliphatic heterocycles. The van der Waals surface area contributed by atoms with E-state index in [2.05, 4.69) is 0 Å². The Balaban J connectivity index is 1.07. The number of allylic oxidation sites excluding steroid dienone is 2. The van der Waals surface area contributed by atoms with Crippen LogP contribution in [0.15, 0.2) is 11.6 Å². The summed E-state index contributed by atoms with van der Waals surface area (Å²) >= 11 is 0. The fraction of sp³-hybridized carbons (Fsp3) is 0.842. The van der Waals surface area contributed by atoms with Crippen molar-refractivity contribution in [2.24, 2.45) is 40.4 Å². The normalized spacial score (nSPS) is 41.9. The maximum Gasteiger partial charge on any atom is 0.465 e. The molecule has 6 fully saturated rings. The lowest BCUT2D eigenvalue weighted by Gasteiger charge is -2.48. The van der Waals surface area contributed by atoms with Gasteiger partial charge in [0.05, 0.1) is 16.9 Å². The largest absolute Gasteiger partial charge is 0.465 e. The molecule has 12 atom stereocenters. The summed E-state index contributed by atoms with van der Waals surface area (Å²) in [6, 6.07) is 0. The highest BCUT2D eigenvalue weighted by molar-refractivity contribution is 7.87. The van der Waals surface area contributed by atoms with Gasteiger partial charge in [-0.15, -0.1) is 0 Å². The van der Waals surface area contributed by atoms with Crippen LogP contribution in [0.4, 0.5) is 8.78 Å². The third-order valence-corrected chi connectivity index (χ3v) is 14.4. The van der Waals surface area contributed by atoms with Gasteiger partial charge in [-0.3, -0.25) is 14.1 Å². The van der Waals surface area contributed by atoms with Crippen LogP contribution in [0.2, 0.25) is 0 Å². The molecule has 5 saturated carbocycles. The van der Waals surface area contributed by atoms with E-state index in [-0.39, 0.29) is 50.2 Å². The fourth-order valence-corrected chi connectivity index (χ4v) is 11.4. The third-order valence-electron chi connectivity index (χ3n) is 13.6. The quantitative estimate of drug-likeness (QED) is 0.0954. The first-order chi connectivity index (χ1) is 25.4. The van der Waals surface area contributed by atoms with E-state index in [1.165, 1.54) is 0 Å². The predicted molar refractivity (Wildman–Crippen MR) is 183 cm³/mol. The van der Waals surface area contributed by atoms with Crippen LogP contribution in [0.25, 0.3) is 0 Å². The second-order valence-electron chi connectivity index (χ2n) is 17.8.